The molecule has 1 aromatic heterocycles. The van der Waals surface area contributed by atoms with Crippen molar-refractivity contribution in [3.8, 4) is 11.4 Å². The van der Waals surface area contributed by atoms with Crippen LogP contribution in [0.1, 0.15) is 12.8 Å². The monoisotopic (exact) mass is 311 g/mol. The number of halogens is 2. The third-order valence-electron chi connectivity index (χ3n) is 3.48. The Morgan fingerprint density at radius 1 is 1.25 bits per heavy atom. The number of piperidine rings is 1. The molecule has 0 bridgehead atoms. The topological polar surface area (TPSA) is 70.8 Å². The first-order valence-corrected chi connectivity index (χ1v) is 7.27. The summed E-state index contributed by atoms with van der Waals surface area (Å²) in [6, 6.07) is 5.56. The number of nitrogens with two attached hydrogens (primary N) is 1. The molecule has 7 heteroatoms. The highest BCUT2D eigenvalue weighted by atomic mass is 35.5. The van der Waals surface area contributed by atoms with E-state index < -0.39 is 0 Å². The molecule has 0 atom stereocenters. The predicted octanol–water partition coefficient (Wildman–Crippen LogP) is 2.71. The van der Waals surface area contributed by atoms with E-state index in [1.54, 1.807) is 18.2 Å². The van der Waals surface area contributed by atoms with Crippen molar-refractivity contribution in [1.29, 1.82) is 0 Å². The molecule has 106 valence electrons. The molecule has 0 radical (unpaired) electrons. The number of hydrogen-bond acceptors (Lipinski definition) is 4. The van der Waals surface area contributed by atoms with Crippen LogP contribution < -0.4 is 10.6 Å². The minimum Gasteiger partial charge on any atom is -0.339 e. The highest BCUT2D eigenvalue weighted by Gasteiger charge is 2.20. The minimum atomic E-state index is 0.284. The lowest BCUT2D eigenvalue weighted by Gasteiger charge is -2.28. The number of nitrogens with zero attached hydrogens (tertiary/aromatic N) is 3. The maximum Gasteiger partial charge on any atom is 0.245 e. The summed E-state index contributed by atoms with van der Waals surface area (Å²) in [7, 11) is 0. The zero-order chi connectivity index (χ0) is 14.1. The number of benzene rings is 1. The lowest BCUT2D eigenvalue weighted by Crippen LogP contribution is -2.40. The molecule has 3 N–H and O–H groups in total. The Morgan fingerprint density at radius 2 is 2.00 bits per heavy atom. The zero-order valence-corrected chi connectivity index (χ0v) is 12.3. The molecular formula is C13H15Cl2N5. The van der Waals surface area contributed by atoms with Crippen LogP contribution in [0.4, 0.5) is 5.95 Å². The van der Waals surface area contributed by atoms with Gasteiger partial charge in [0.15, 0.2) is 5.82 Å². The second kappa shape index (κ2) is 5.60. The van der Waals surface area contributed by atoms with E-state index in [1.165, 1.54) is 0 Å². The Bertz CT molecular complexity index is 605. The molecule has 3 rings (SSSR count). The predicted molar refractivity (Wildman–Crippen MR) is 81.3 cm³/mol. The number of nitrogens with one attached hydrogen (secondary N) is 1. The van der Waals surface area contributed by atoms with Crippen molar-refractivity contribution in [2.24, 2.45) is 5.73 Å². The quantitative estimate of drug-likeness (QED) is 0.894. The van der Waals surface area contributed by atoms with Gasteiger partial charge in [-0.15, -0.1) is 5.10 Å². The van der Waals surface area contributed by atoms with Gasteiger partial charge in [0.2, 0.25) is 5.95 Å². The average Bonchev–Trinajstić information content (AvgIpc) is 2.92. The van der Waals surface area contributed by atoms with Crippen LogP contribution in [-0.2, 0) is 0 Å². The third-order valence-corrected chi connectivity index (χ3v) is 4.04. The van der Waals surface area contributed by atoms with Crippen LogP contribution in [0, 0.1) is 0 Å². The van der Waals surface area contributed by atoms with Crippen LogP contribution in [0.15, 0.2) is 18.2 Å². The summed E-state index contributed by atoms with van der Waals surface area (Å²) >= 11 is 12.2. The molecule has 5 nitrogen and oxygen atoms in total. The molecule has 0 saturated carbocycles. The van der Waals surface area contributed by atoms with Crippen LogP contribution in [0.5, 0.6) is 0 Å². The van der Waals surface area contributed by atoms with Crippen molar-refractivity contribution in [2.75, 3.05) is 18.0 Å². The maximum atomic E-state index is 6.17. The molecule has 0 spiro atoms. The van der Waals surface area contributed by atoms with E-state index in [2.05, 4.69) is 20.1 Å². The van der Waals surface area contributed by atoms with Gasteiger partial charge in [0.25, 0.3) is 0 Å². The van der Waals surface area contributed by atoms with Crippen LogP contribution in [0.3, 0.4) is 0 Å². The van der Waals surface area contributed by atoms with Gasteiger partial charge in [0, 0.05) is 29.7 Å². The SMILES string of the molecule is NC1CCN(c2n[nH]c(-c3cc(Cl)ccc3Cl)n2)CC1. The summed E-state index contributed by atoms with van der Waals surface area (Å²) in [6.45, 7) is 1.75. The first-order chi connectivity index (χ1) is 9.63. The first-order valence-electron chi connectivity index (χ1n) is 6.52. The lowest BCUT2D eigenvalue weighted by atomic mass is 10.1. The van der Waals surface area contributed by atoms with E-state index in [0.29, 0.717) is 21.8 Å². The number of H-pyrrole nitrogens is 1. The van der Waals surface area contributed by atoms with Crippen molar-refractivity contribution in [2.45, 2.75) is 18.9 Å². The summed E-state index contributed by atoms with van der Waals surface area (Å²) in [5.41, 5.74) is 6.66. The molecule has 1 aliphatic heterocycles. The van der Waals surface area contributed by atoms with Crippen LogP contribution >= 0.6 is 23.2 Å². The van der Waals surface area contributed by atoms with E-state index in [-0.39, 0.29) is 6.04 Å². The van der Waals surface area contributed by atoms with Gasteiger partial charge in [-0.3, -0.25) is 5.10 Å². The Kier molecular flexibility index (Phi) is 3.83. The zero-order valence-electron chi connectivity index (χ0n) is 10.8. The largest absolute Gasteiger partial charge is 0.339 e. The van der Waals surface area contributed by atoms with Gasteiger partial charge >= 0.3 is 0 Å². The number of anilines is 1. The summed E-state index contributed by atoms with van der Waals surface area (Å²) in [5, 5.41) is 8.39. The third kappa shape index (κ3) is 2.75. The summed E-state index contributed by atoms with van der Waals surface area (Å²) < 4.78 is 0. The fourth-order valence-corrected chi connectivity index (χ4v) is 2.67. The number of aromatic nitrogens is 3. The minimum absolute atomic E-state index is 0.284. The van der Waals surface area contributed by atoms with E-state index in [1.807, 2.05) is 0 Å². The van der Waals surface area contributed by atoms with E-state index in [4.69, 9.17) is 28.9 Å². The molecular weight excluding hydrogens is 297 g/mol. The maximum absolute atomic E-state index is 6.17. The second-order valence-corrected chi connectivity index (χ2v) is 5.78. The summed E-state index contributed by atoms with van der Waals surface area (Å²) in [5.74, 6) is 1.31. The smallest absolute Gasteiger partial charge is 0.245 e. The Labute approximate surface area is 127 Å². The lowest BCUT2D eigenvalue weighted by molar-refractivity contribution is 0.496. The molecule has 2 heterocycles. The molecule has 0 amide bonds. The number of rotatable bonds is 2. The molecule has 1 fully saturated rings. The molecule has 2 aromatic rings. The van der Waals surface area contributed by atoms with Gasteiger partial charge in [-0.1, -0.05) is 23.2 Å². The fourth-order valence-electron chi connectivity index (χ4n) is 2.29. The molecule has 20 heavy (non-hydrogen) atoms. The van der Waals surface area contributed by atoms with Gasteiger partial charge in [-0.2, -0.15) is 4.98 Å². The van der Waals surface area contributed by atoms with Gasteiger partial charge in [-0.05, 0) is 31.0 Å². The van der Waals surface area contributed by atoms with Crippen LogP contribution in [0.25, 0.3) is 11.4 Å². The highest BCUT2D eigenvalue weighted by Crippen LogP contribution is 2.29. The molecule has 1 aliphatic rings. The first kappa shape index (κ1) is 13.7. The van der Waals surface area contributed by atoms with E-state index >= 15 is 0 Å². The Morgan fingerprint density at radius 3 is 2.75 bits per heavy atom. The average molecular weight is 312 g/mol. The second-order valence-electron chi connectivity index (χ2n) is 4.93. The van der Waals surface area contributed by atoms with E-state index in [0.717, 1.165) is 31.5 Å². The molecule has 0 unspecified atom stereocenters. The van der Waals surface area contributed by atoms with Crippen LogP contribution in [-0.4, -0.2) is 34.3 Å². The normalized spacial score (nSPS) is 16.6. The summed E-state index contributed by atoms with van der Waals surface area (Å²) in [6.07, 6.45) is 1.92. The van der Waals surface area contributed by atoms with E-state index in [9.17, 15) is 0 Å². The van der Waals surface area contributed by atoms with Crippen molar-refractivity contribution >= 4 is 29.2 Å². The van der Waals surface area contributed by atoms with Gasteiger partial charge in [0.1, 0.15) is 0 Å². The Hall–Kier alpha value is -1.30. The van der Waals surface area contributed by atoms with Gasteiger partial charge in [0.05, 0.1) is 5.02 Å². The van der Waals surface area contributed by atoms with Crippen molar-refractivity contribution < 1.29 is 0 Å². The molecule has 1 aromatic carbocycles. The van der Waals surface area contributed by atoms with Crippen molar-refractivity contribution in [1.82, 2.24) is 15.2 Å². The standard InChI is InChI=1S/C13H15Cl2N5/c14-8-1-2-11(15)10(7-8)12-17-13(19-18-12)20-5-3-9(16)4-6-20/h1-2,7,9H,3-6,16H2,(H,17,18,19). The van der Waals surface area contributed by atoms with Gasteiger partial charge < -0.3 is 10.6 Å². The summed E-state index contributed by atoms with van der Waals surface area (Å²) in [4.78, 5) is 6.63. The van der Waals surface area contributed by atoms with Crippen molar-refractivity contribution in [3.63, 3.8) is 0 Å². The van der Waals surface area contributed by atoms with Crippen molar-refractivity contribution in [3.05, 3.63) is 28.2 Å². The number of hydrogen-bond donors (Lipinski definition) is 2. The molecule has 0 aliphatic carbocycles. The fraction of sp³-hybridized carbons (Fsp3) is 0.385. The van der Waals surface area contributed by atoms with Crippen LogP contribution in [0.2, 0.25) is 10.0 Å². The Balaban J connectivity index is 1.85. The highest BCUT2D eigenvalue weighted by molar-refractivity contribution is 6.35. The van der Waals surface area contributed by atoms with Gasteiger partial charge in [-0.25, -0.2) is 0 Å². The molecule has 1 saturated heterocycles. The number of aromatic amines is 1.